The number of hydrogen-bond donors (Lipinski definition) is 2. The van der Waals surface area contributed by atoms with Crippen LogP contribution >= 0.6 is 11.3 Å². The summed E-state index contributed by atoms with van der Waals surface area (Å²) in [7, 11) is 0. The molecule has 0 aliphatic carbocycles. The molecule has 0 bridgehead atoms. The third-order valence-electron chi connectivity index (χ3n) is 1.32. The van der Waals surface area contributed by atoms with Gasteiger partial charge in [0.15, 0.2) is 0 Å². The highest BCUT2D eigenvalue weighted by Gasteiger charge is 1.91. The van der Waals surface area contributed by atoms with E-state index < -0.39 is 0 Å². The van der Waals surface area contributed by atoms with E-state index in [1.165, 1.54) is 4.88 Å². The van der Waals surface area contributed by atoms with Crippen molar-refractivity contribution >= 4 is 11.3 Å². The highest BCUT2D eigenvalue weighted by molar-refractivity contribution is 7.09. The summed E-state index contributed by atoms with van der Waals surface area (Å²) in [6.07, 6.45) is 1.08. The zero-order valence-electron chi connectivity index (χ0n) is 6.37. The molecule has 3 heteroatoms. The van der Waals surface area contributed by atoms with Crippen LogP contribution in [0.15, 0.2) is 29.5 Å². The average molecular weight is 169 g/mol. The van der Waals surface area contributed by atoms with Gasteiger partial charge in [0, 0.05) is 17.1 Å². The quantitative estimate of drug-likeness (QED) is 0.680. The average Bonchev–Trinajstić information content (AvgIpc) is 2.52. The van der Waals surface area contributed by atoms with Crippen molar-refractivity contribution in [2.45, 2.75) is 13.5 Å². The first-order valence-electron chi connectivity index (χ1n) is 3.40. The molecule has 0 saturated carbocycles. The first-order chi connectivity index (χ1) is 5.33. The van der Waals surface area contributed by atoms with Crippen molar-refractivity contribution in [1.82, 2.24) is 5.32 Å². The number of rotatable bonds is 3. The van der Waals surface area contributed by atoms with Crippen molar-refractivity contribution in [1.29, 1.82) is 0 Å². The van der Waals surface area contributed by atoms with Gasteiger partial charge in [-0.05, 0) is 18.4 Å². The van der Waals surface area contributed by atoms with Crippen LogP contribution in [0.4, 0.5) is 0 Å². The molecule has 0 saturated heterocycles. The number of nitrogens with one attached hydrogen (secondary N) is 1. The molecule has 0 radical (unpaired) electrons. The second-order valence-electron chi connectivity index (χ2n) is 2.25. The molecule has 0 atom stereocenters. The molecule has 2 N–H and O–H groups in total. The van der Waals surface area contributed by atoms with E-state index in [0.29, 0.717) is 0 Å². The molecule has 0 aromatic carbocycles. The molecule has 1 aromatic heterocycles. The van der Waals surface area contributed by atoms with E-state index in [1.807, 2.05) is 18.4 Å². The summed E-state index contributed by atoms with van der Waals surface area (Å²) in [6, 6.07) is 4.07. The molecule has 0 aliphatic rings. The van der Waals surface area contributed by atoms with Crippen LogP contribution in [-0.2, 0) is 6.54 Å². The molecule has 1 rings (SSSR count). The van der Waals surface area contributed by atoms with Crippen molar-refractivity contribution in [3.8, 4) is 0 Å². The fourth-order valence-corrected chi connectivity index (χ4v) is 1.33. The lowest BCUT2D eigenvalue weighted by molar-refractivity contribution is 0.461. The minimum absolute atomic E-state index is 0.790. The SMILES string of the molecule is C/C(=C/O)NCc1cccs1. The fourth-order valence-electron chi connectivity index (χ4n) is 0.685. The van der Waals surface area contributed by atoms with E-state index in [-0.39, 0.29) is 0 Å². The Morgan fingerprint density at radius 1 is 1.82 bits per heavy atom. The number of thiophene rings is 1. The van der Waals surface area contributed by atoms with Crippen LogP contribution in [0.25, 0.3) is 0 Å². The van der Waals surface area contributed by atoms with Gasteiger partial charge < -0.3 is 10.4 Å². The molecule has 0 aliphatic heterocycles. The molecule has 1 heterocycles. The van der Waals surface area contributed by atoms with Crippen LogP contribution in [0, 0.1) is 0 Å². The number of aliphatic hydroxyl groups excluding tert-OH is 1. The van der Waals surface area contributed by atoms with Crippen LogP contribution in [-0.4, -0.2) is 5.11 Å². The van der Waals surface area contributed by atoms with Gasteiger partial charge in [0.2, 0.25) is 0 Å². The maximum Gasteiger partial charge on any atom is 0.0978 e. The second-order valence-corrected chi connectivity index (χ2v) is 3.28. The van der Waals surface area contributed by atoms with Crippen molar-refractivity contribution < 1.29 is 5.11 Å². The summed E-state index contributed by atoms with van der Waals surface area (Å²) in [4.78, 5) is 1.27. The number of hydrogen-bond acceptors (Lipinski definition) is 3. The summed E-state index contributed by atoms with van der Waals surface area (Å²) in [5, 5.41) is 13.6. The van der Waals surface area contributed by atoms with Crippen LogP contribution in [0.2, 0.25) is 0 Å². The Balaban J connectivity index is 2.35. The van der Waals surface area contributed by atoms with Gasteiger partial charge in [0.05, 0.1) is 6.26 Å². The molecule has 0 amide bonds. The molecule has 0 fully saturated rings. The monoisotopic (exact) mass is 169 g/mol. The molecular formula is C8H11NOS. The minimum Gasteiger partial charge on any atom is -0.514 e. The Bertz CT molecular complexity index is 228. The molecule has 0 unspecified atom stereocenters. The van der Waals surface area contributed by atoms with Gasteiger partial charge in [0.25, 0.3) is 0 Å². The molecule has 11 heavy (non-hydrogen) atoms. The lowest BCUT2D eigenvalue weighted by atomic mass is 10.4. The Hall–Kier alpha value is -0.960. The van der Waals surface area contributed by atoms with Gasteiger partial charge in [-0.15, -0.1) is 11.3 Å². The number of allylic oxidation sites excluding steroid dienone is 1. The maximum absolute atomic E-state index is 8.54. The van der Waals surface area contributed by atoms with Crippen LogP contribution in [0.5, 0.6) is 0 Å². The molecule has 2 nitrogen and oxygen atoms in total. The lowest BCUT2D eigenvalue weighted by Crippen LogP contribution is -2.08. The Morgan fingerprint density at radius 3 is 3.18 bits per heavy atom. The molecule has 1 aromatic rings. The zero-order valence-corrected chi connectivity index (χ0v) is 7.19. The van der Waals surface area contributed by atoms with E-state index in [9.17, 15) is 0 Å². The van der Waals surface area contributed by atoms with E-state index >= 15 is 0 Å². The van der Waals surface area contributed by atoms with Crippen LogP contribution in [0.1, 0.15) is 11.8 Å². The van der Waals surface area contributed by atoms with Gasteiger partial charge in [-0.25, -0.2) is 0 Å². The first kappa shape index (κ1) is 8.14. The summed E-state index contributed by atoms with van der Waals surface area (Å²) in [5.41, 5.74) is 0.790. The van der Waals surface area contributed by atoms with E-state index in [1.54, 1.807) is 11.3 Å². The van der Waals surface area contributed by atoms with E-state index in [0.717, 1.165) is 18.5 Å². The zero-order chi connectivity index (χ0) is 8.10. The third-order valence-corrected chi connectivity index (χ3v) is 2.19. The normalized spacial score (nSPS) is 11.5. The molecular weight excluding hydrogens is 158 g/mol. The van der Waals surface area contributed by atoms with Crippen LogP contribution in [0.3, 0.4) is 0 Å². The number of aliphatic hydroxyl groups is 1. The second kappa shape index (κ2) is 4.03. The standard InChI is InChI=1S/C8H11NOS/c1-7(6-10)9-5-8-3-2-4-11-8/h2-4,6,9-10H,5H2,1H3/b7-6-. The Morgan fingerprint density at radius 2 is 2.64 bits per heavy atom. The van der Waals surface area contributed by atoms with Crippen molar-refractivity contribution in [3.05, 3.63) is 34.3 Å². The largest absolute Gasteiger partial charge is 0.514 e. The first-order valence-corrected chi connectivity index (χ1v) is 4.28. The predicted octanol–water partition coefficient (Wildman–Crippen LogP) is 2.26. The van der Waals surface area contributed by atoms with Gasteiger partial charge in [0.1, 0.15) is 0 Å². The predicted molar refractivity (Wildman–Crippen MR) is 47.5 cm³/mol. The van der Waals surface area contributed by atoms with Crippen molar-refractivity contribution in [2.24, 2.45) is 0 Å². The molecule has 0 spiro atoms. The van der Waals surface area contributed by atoms with Gasteiger partial charge >= 0.3 is 0 Å². The Kier molecular flexibility index (Phi) is 2.98. The summed E-state index contributed by atoms with van der Waals surface area (Å²) < 4.78 is 0. The summed E-state index contributed by atoms with van der Waals surface area (Å²) >= 11 is 1.70. The van der Waals surface area contributed by atoms with Gasteiger partial charge in [-0.2, -0.15) is 0 Å². The Labute approximate surface area is 70.2 Å². The highest BCUT2D eigenvalue weighted by Crippen LogP contribution is 2.07. The van der Waals surface area contributed by atoms with E-state index in [2.05, 4.69) is 11.4 Å². The van der Waals surface area contributed by atoms with Gasteiger partial charge in [-0.1, -0.05) is 6.07 Å². The lowest BCUT2D eigenvalue weighted by Gasteiger charge is -2.01. The fraction of sp³-hybridized carbons (Fsp3) is 0.250. The van der Waals surface area contributed by atoms with E-state index in [4.69, 9.17) is 5.11 Å². The smallest absolute Gasteiger partial charge is 0.0978 e. The maximum atomic E-state index is 8.54. The van der Waals surface area contributed by atoms with Gasteiger partial charge in [-0.3, -0.25) is 0 Å². The van der Waals surface area contributed by atoms with Crippen LogP contribution < -0.4 is 5.32 Å². The third kappa shape index (κ3) is 2.63. The van der Waals surface area contributed by atoms with Crippen molar-refractivity contribution in [3.63, 3.8) is 0 Å². The van der Waals surface area contributed by atoms with Crippen molar-refractivity contribution in [2.75, 3.05) is 0 Å². The minimum atomic E-state index is 0.790. The summed E-state index contributed by atoms with van der Waals surface area (Å²) in [6.45, 7) is 2.62. The molecule has 60 valence electrons. The topological polar surface area (TPSA) is 32.3 Å². The summed E-state index contributed by atoms with van der Waals surface area (Å²) in [5.74, 6) is 0. The highest BCUT2D eigenvalue weighted by atomic mass is 32.1.